The number of hydrogen-bond acceptors (Lipinski definition) is 2. The number of azo groups is 2. The number of para-hydroxylation sites is 1. The molecular formula is C62H50N5+. The molecule has 11 aromatic rings. The van der Waals surface area contributed by atoms with Gasteiger partial charge in [-0.15, -0.1) is 0 Å². The molecule has 8 aromatic carbocycles. The first-order valence-electron chi connectivity index (χ1n) is 23.5. The van der Waals surface area contributed by atoms with Crippen LogP contribution in [0.4, 0.5) is 5.69 Å². The molecule has 4 heterocycles. The van der Waals surface area contributed by atoms with Crippen molar-refractivity contribution in [3.63, 3.8) is 0 Å². The Balaban J connectivity index is 1.08. The van der Waals surface area contributed by atoms with Crippen LogP contribution in [0.15, 0.2) is 218 Å². The molecule has 1 atom stereocenters. The molecule has 0 spiro atoms. The highest BCUT2D eigenvalue weighted by Crippen LogP contribution is 2.43. The van der Waals surface area contributed by atoms with Gasteiger partial charge in [0.1, 0.15) is 5.82 Å². The number of pyridine rings is 1. The van der Waals surface area contributed by atoms with Crippen LogP contribution in [0.3, 0.4) is 0 Å². The van der Waals surface area contributed by atoms with Gasteiger partial charge in [0.15, 0.2) is 0 Å². The number of hydrogen-bond donors (Lipinski definition) is 0. The van der Waals surface area contributed by atoms with Crippen LogP contribution in [0.5, 0.6) is 0 Å². The van der Waals surface area contributed by atoms with Crippen molar-refractivity contribution < 1.29 is 4.70 Å². The van der Waals surface area contributed by atoms with E-state index < -0.39 is 0 Å². The standard InChI is InChI=1S/C62H50N5/c1-40(2)50-22-14-23-51(41(3)4)62(50)57-32-34-64-67(57)49-20-13-19-48(37-49)65-58-35-46(45-27-25-44(26-28-45)42-15-7-5-8-16-42)29-30-53(58)55-38-54-52-21-11-12-24-56(52)66(60(54)39-59(55)65)61-36-47(31-33-63-61)43-17-9-6-10-18-43/h5-41,57H,1-4H3/q+1. The molecule has 0 N–H and O–H groups in total. The van der Waals surface area contributed by atoms with Gasteiger partial charge in [0, 0.05) is 51.5 Å². The first-order chi connectivity index (χ1) is 32.9. The molecule has 12 rings (SSSR count). The summed E-state index contributed by atoms with van der Waals surface area (Å²) < 4.78 is 7.02. The summed E-state index contributed by atoms with van der Waals surface area (Å²) >= 11 is 0. The van der Waals surface area contributed by atoms with Gasteiger partial charge in [-0.2, -0.15) is 0 Å². The van der Waals surface area contributed by atoms with E-state index in [1.165, 1.54) is 60.5 Å². The highest BCUT2D eigenvalue weighted by atomic mass is 15.3. The quantitative estimate of drug-likeness (QED) is 0.133. The SMILES string of the molecule is CC(C)c1cccc(C(C)C)c1C1C=CN=[N+]1c1cccc(-n2c3cc(-c4ccc(-c5ccccc5)cc4)ccc3c3cc4c5ccccc5n(-c5cc(-c6ccccc6)ccn5)c4cc32)c1. The average Bonchev–Trinajstić information content (AvgIpc) is 4.08. The maximum atomic E-state index is 5.07. The fourth-order valence-electron chi connectivity index (χ4n) is 10.5. The Labute approximate surface area is 391 Å². The highest BCUT2D eigenvalue weighted by Gasteiger charge is 2.34. The zero-order chi connectivity index (χ0) is 45.2. The molecule has 3 aromatic heterocycles. The largest absolute Gasteiger partial charge is 0.309 e. The van der Waals surface area contributed by atoms with E-state index in [0.717, 1.165) is 50.4 Å². The second-order valence-corrected chi connectivity index (χ2v) is 18.4. The summed E-state index contributed by atoms with van der Waals surface area (Å²) in [4.78, 5) is 5.04. The van der Waals surface area contributed by atoms with Crippen LogP contribution in [-0.2, 0) is 0 Å². The van der Waals surface area contributed by atoms with E-state index in [2.05, 4.69) is 242 Å². The summed E-state index contributed by atoms with van der Waals surface area (Å²) in [6.45, 7) is 9.18. The Morgan fingerprint density at radius 3 is 1.72 bits per heavy atom. The zero-order valence-electron chi connectivity index (χ0n) is 38.2. The van der Waals surface area contributed by atoms with E-state index in [-0.39, 0.29) is 6.04 Å². The van der Waals surface area contributed by atoms with Crippen molar-refractivity contribution in [3.8, 4) is 44.9 Å². The van der Waals surface area contributed by atoms with Crippen molar-refractivity contribution in [2.24, 2.45) is 5.11 Å². The van der Waals surface area contributed by atoms with Crippen molar-refractivity contribution in [1.82, 2.24) is 14.1 Å². The first kappa shape index (κ1) is 40.4. The van der Waals surface area contributed by atoms with Gasteiger partial charge in [0.25, 0.3) is 0 Å². The number of rotatable bonds is 9. The monoisotopic (exact) mass is 864 g/mol. The predicted molar refractivity (Wildman–Crippen MR) is 278 cm³/mol. The Morgan fingerprint density at radius 1 is 0.433 bits per heavy atom. The Morgan fingerprint density at radius 2 is 1.00 bits per heavy atom. The van der Waals surface area contributed by atoms with E-state index in [1.54, 1.807) is 0 Å². The van der Waals surface area contributed by atoms with Gasteiger partial charge in [-0.25, -0.2) is 4.98 Å². The number of nitrogens with zero attached hydrogens (tertiary/aromatic N) is 5. The van der Waals surface area contributed by atoms with Gasteiger partial charge >= 0.3 is 0 Å². The molecule has 1 aliphatic rings. The van der Waals surface area contributed by atoms with E-state index in [1.807, 2.05) is 12.4 Å². The topological polar surface area (TPSA) is 38.1 Å². The molecule has 5 nitrogen and oxygen atoms in total. The van der Waals surface area contributed by atoms with Gasteiger partial charge < -0.3 is 4.57 Å². The molecule has 0 fully saturated rings. The van der Waals surface area contributed by atoms with Crippen molar-refractivity contribution in [3.05, 3.63) is 229 Å². The molecule has 0 amide bonds. The lowest BCUT2D eigenvalue weighted by molar-refractivity contribution is -0.536. The minimum absolute atomic E-state index is 0.0238. The maximum Gasteiger partial charge on any atom is 0.235 e. The molecule has 0 saturated carbocycles. The molecule has 0 bridgehead atoms. The minimum atomic E-state index is -0.0238. The predicted octanol–water partition coefficient (Wildman–Crippen LogP) is 16.9. The van der Waals surface area contributed by atoms with Gasteiger partial charge in [-0.05, 0) is 104 Å². The Bertz CT molecular complexity index is 3710. The summed E-state index contributed by atoms with van der Waals surface area (Å²) in [5.74, 6) is 1.63. The Hall–Kier alpha value is -8.15. The molecule has 1 unspecified atom stereocenters. The van der Waals surface area contributed by atoms with Gasteiger partial charge in [0.05, 0.1) is 34.0 Å². The molecule has 0 aliphatic carbocycles. The number of benzene rings is 8. The van der Waals surface area contributed by atoms with Crippen LogP contribution in [0.2, 0.25) is 0 Å². The second-order valence-electron chi connectivity index (χ2n) is 18.4. The second kappa shape index (κ2) is 16.4. The number of fused-ring (bicyclic) bond motifs is 6. The highest BCUT2D eigenvalue weighted by molar-refractivity contribution is 6.19. The summed E-state index contributed by atoms with van der Waals surface area (Å²) in [7, 11) is 0. The van der Waals surface area contributed by atoms with Gasteiger partial charge in [-0.1, -0.05) is 172 Å². The fourth-order valence-corrected chi connectivity index (χ4v) is 10.5. The van der Waals surface area contributed by atoms with Crippen molar-refractivity contribution >= 4 is 49.3 Å². The summed E-state index contributed by atoms with van der Waals surface area (Å²) in [5, 5.41) is 9.85. The third-order valence-corrected chi connectivity index (χ3v) is 13.8. The maximum absolute atomic E-state index is 5.07. The molecule has 0 saturated heterocycles. The van der Waals surface area contributed by atoms with Crippen LogP contribution in [0, 0.1) is 0 Å². The van der Waals surface area contributed by atoms with Crippen LogP contribution in [0.1, 0.15) is 62.3 Å². The van der Waals surface area contributed by atoms with E-state index in [9.17, 15) is 0 Å². The Kier molecular flexibility index (Phi) is 9.87. The van der Waals surface area contributed by atoms with Gasteiger partial charge in [-0.3, -0.25) is 4.57 Å². The first-order valence-corrected chi connectivity index (χ1v) is 23.5. The third kappa shape index (κ3) is 6.89. The van der Waals surface area contributed by atoms with Crippen LogP contribution < -0.4 is 0 Å². The lowest BCUT2D eigenvalue weighted by Gasteiger charge is -2.21. The minimum Gasteiger partial charge on any atom is -0.309 e. The van der Waals surface area contributed by atoms with Gasteiger partial charge in [0.2, 0.25) is 11.7 Å². The smallest absolute Gasteiger partial charge is 0.235 e. The van der Waals surface area contributed by atoms with Crippen LogP contribution in [-0.4, -0.2) is 18.8 Å². The van der Waals surface area contributed by atoms with Crippen LogP contribution >= 0.6 is 0 Å². The molecule has 67 heavy (non-hydrogen) atoms. The normalized spacial score (nSPS) is 13.8. The number of aromatic nitrogens is 3. The molecule has 1 aliphatic heterocycles. The fraction of sp³-hybridized carbons (Fsp3) is 0.113. The van der Waals surface area contributed by atoms with E-state index >= 15 is 0 Å². The summed E-state index contributed by atoms with van der Waals surface area (Å²) in [5.41, 5.74) is 17.8. The molecule has 322 valence electrons. The zero-order valence-corrected chi connectivity index (χ0v) is 38.2. The lowest BCUT2D eigenvalue weighted by atomic mass is 9.85. The summed E-state index contributed by atoms with van der Waals surface area (Å²) in [6, 6.07) is 70.7. The molecular weight excluding hydrogens is 815 g/mol. The third-order valence-electron chi connectivity index (χ3n) is 13.8. The average molecular weight is 865 g/mol. The van der Waals surface area contributed by atoms with Crippen molar-refractivity contribution in [2.45, 2.75) is 45.6 Å². The lowest BCUT2D eigenvalue weighted by Crippen LogP contribution is -2.14. The molecule has 5 heteroatoms. The van der Waals surface area contributed by atoms with Crippen LogP contribution in [0.25, 0.3) is 88.5 Å². The van der Waals surface area contributed by atoms with Crippen molar-refractivity contribution in [1.29, 1.82) is 0 Å². The van der Waals surface area contributed by atoms with Crippen molar-refractivity contribution in [2.75, 3.05) is 0 Å². The van der Waals surface area contributed by atoms with E-state index in [0.29, 0.717) is 11.8 Å². The molecule has 0 radical (unpaired) electrons. The summed E-state index contributed by atoms with van der Waals surface area (Å²) in [6.07, 6.45) is 6.17. The van der Waals surface area contributed by atoms with E-state index in [4.69, 9.17) is 10.1 Å².